The minimum absolute atomic E-state index is 0.0607. The number of benzene rings is 1. The van der Waals surface area contributed by atoms with Crippen LogP contribution in [0.4, 0.5) is 13.2 Å². The maximum absolute atomic E-state index is 12.6. The molecule has 0 saturated heterocycles. The molecule has 0 unspecified atom stereocenters. The summed E-state index contributed by atoms with van der Waals surface area (Å²) in [4.78, 5) is 3.98. The number of halogens is 4. The van der Waals surface area contributed by atoms with Crippen molar-refractivity contribution in [1.82, 2.24) is 15.2 Å². The summed E-state index contributed by atoms with van der Waals surface area (Å²) < 4.78 is 43.2. The second kappa shape index (κ2) is 6.64. The number of nitrogens with zero attached hydrogens (tertiary/aromatic N) is 2. The molecular weight excluding hydrogens is 359 g/mol. The van der Waals surface area contributed by atoms with Gasteiger partial charge in [0.15, 0.2) is 0 Å². The summed E-state index contributed by atoms with van der Waals surface area (Å²) in [7, 11) is 0. The Balaban J connectivity index is 1.74. The van der Waals surface area contributed by atoms with Gasteiger partial charge in [-0.05, 0) is 23.8 Å². The number of nitrogens with one attached hydrogen (secondary N) is 1. The van der Waals surface area contributed by atoms with Gasteiger partial charge in [0.25, 0.3) is 0 Å². The molecule has 0 amide bonds. The Labute approximate surface area is 145 Å². The van der Waals surface area contributed by atoms with Crippen LogP contribution in [0.15, 0.2) is 42.6 Å². The minimum Gasteiger partial charge on any atom is -0.507 e. The summed E-state index contributed by atoms with van der Waals surface area (Å²) in [5.74, 6) is -0.163. The Kier molecular flexibility index (Phi) is 4.54. The first-order chi connectivity index (χ1) is 11.8. The lowest BCUT2D eigenvalue weighted by Crippen LogP contribution is -2.04. The van der Waals surface area contributed by atoms with Crippen LogP contribution in [-0.4, -0.2) is 20.3 Å². The zero-order chi connectivity index (χ0) is 18.0. The van der Waals surface area contributed by atoms with Crippen molar-refractivity contribution in [1.29, 1.82) is 0 Å². The van der Waals surface area contributed by atoms with Crippen LogP contribution in [0, 0.1) is 0 Å². The zero-order valence-corrected chi connectivity index (χ0v) is 13.3. The maximum atomic E-state index is 12.6. The topological polar surface area (TPSA) is 71.0 Å². The SMILES string of the molecule is Oc1cc(OCc2ccc(Cl)cc2)ncc1-c1cc(C(F)(F)F)[nH]n1. The highest BCUT2D eigenvalue weighted by Gasteiger charge is 2.33. The third-order valence-corrected chi connectivity index (χ3v) is 3.57. The van der Waals surface area contributed by atoms with Crippen molar-refractivity contribution < 1.29 is 23.0 Å². The molecule has 25 heavy (non-hydrogen) atoms. The highest BCUT2D eigenvalue weighted by molar-refractivity contribution is 6.30. The van der Waals surface area contributed by atoms with Gasteiger partial charge in [-0.1, -0.05) is 23.7 Å². The molecule has 0 radical (unpaired) electrons. The first-order valence-corrected chi connectivity index (χ1v) is 7.40. The first-order valence-electron chi connectivity index (χ1n) is 7.02. The zero-order valence-electron chi connectivity index (χ0n) is 12.5. The van der Waals surface area contributed by atoms with Crippen molar-refractivity contribution in [2.45, 2.75) is 12.8 Å². The van der Waals surface area contributed by atoms with Gasteiger partial charge < -0.3 is 9.84 Å². The van der Waals surface area contributed by atoms with Crippen molar-refractivity contribution in [2.75, 3.05) is 0 Å². The molecule has 3 rings (SSSR count). The molecule has 0 bridgehead atoms. The minimum atomic E-state index is -4.55. The fraction of sp³-hybridized carbons (Fsp3) is 0.125. The lowest BCUT2D eigenvalue weighted by atomic mass is 10.2. The second-order valence-corrected chi connectivity index (χ2v) is 5.56. The molecule has 2 N–H and O–H groups in total. The molecule has 0 fully saturated rings. The summed E-state index contributed by atoms with van der Waals surface area (Å²) in [6.07, 6.45) is -3.35. The van der Waals surface area contributed by atoms with E-state index in [2.05, 4.69) is 10.1 Å². The van der Waals surface area contributed by atoms with Gasteiger partial charge in [-0.3, -0.25) is 5.10 Å². The molecule has 0 saturated carbocycles. The molecule has 2 aromatic heterocycles. The Morgan fingerprint density at radius 3 is 2.48 bits per heavy atom. The number of pyridine rings is 1. The van der Waals surface area contributed by atoms with Crippen LogP contribution in [0.3, 0.4) is 0 Å². The number of aromatic nitrogens is 3. The van der Waals surface area contributed by atoms with Crippen molar-refractivity contribution in [3.8, 4) is 22.9 Å². The predicted molar refractivity (Wildman–Crippen MR) is 84.3 cm³/mol. The number of alkyl halides is 3. The van der Waals surface area contributed by atoms with Crippen LogP contribution in [0.25, 0.3) is 11.3 Å². The van der Waals surface area contributed by atoms with Crippen LogP contribution >= 0.6 is 11.6 Å². The van der Waals surface area contributed by atoms with Crippen molar-refractivity contribution in [3.05, 3.63) is 58.9 Å². The largest absolute Gasteiger partial charge is 0.507 e. The van der Waals surface area contributed by atoms with Gasteiger partial charge >= 0.3 is 6.18 Å². The normalized spacial score (nSPS) is 11.5. The van der Waals surface area contributed by atoms with E-state index in [1.807, 2.05) is 5.10 Å². The molecule has 0 aliphatic carbocycles. The Morgan fingerprint density at radius 2 is 1.88 bits per heavy atom. The summed E-state index contributed by atoms with van der Waals surface area (Å²) in [5.41, 5.74) is -0.172. The van der Waals surface area contributed by atoms with Crippen molar-refractivity contribution in [3.63, 3.8) is 0 Å². The van der Waals surface area contributed by atoms with Crippen molar-refractivity contribution >= 4 is 11.6 Å². The average Bonchev–Trinajstić information content (AvgIpc) is 3.04. The molecule has 5 nitrogen and oxygen atoms in total. The number of aromatic hydroxyl groups is 1. The average molecular weight is 370 g/mol. The number of rotatable bonds is 4. The van der Waals surface area contributed by atoms with E-state index in [1.54, 1.807) is 24.3 Å². The van der Waals surface area contributed by atoms with E-state index in [4.69, 9.17) is 16.3 Å². The standard InChI is InChI=1S/C16H11ClF3N3O2/c17-10-3-1-9(2-4-10)8-25-15-6-13(24)11(7-21-15)12-5-14(23-22-12)16(18,19)20/h1-7H,8H2,(H,21,24)(H,22,23). The van der Waals surface area contributed by atoms with Gasteiger partial charge in [0.1, 0.15) is 18.1 Å². The fourth-order valence-electron chi connectivity index (χ4n) is 2.05. The van der Waals surface area contributed by atoms with Crippen LogP contribution in [0.1, 0.15) is 11.3 Å². The van der Waals surface area contributed by atoms with E-state index < -0.39 is 11.9 Å². The third kappa shape index (κ3) is 4.03. The van der Waals surface area contributed by atoms with Crippen LogP contribution in [-0.2, 0) is 12.8 Å². The van der Waals surface area contributed by atoms with Gasteiger partial charge in [0.05, 0.1) is 11.3 Å². The molecule has 0 spiro atoms. The Bertz CT molecular complexity index is 879. The number of aromatic amines is 1. The summed E-state index contributed by atoms with van der Waals surface area (Å²) >= 11 is 5.79. The molecule has 9 heteroatoms. The van der Waals surface area contributed by atoms with Crippen LogP contribution < -0.4 is 4.74 Å². The first kappa shape index (κ1) is 17.1. The van der Waals surface area contributed by atoms with Crippen molar-refractivity contribution in [2.24, 2.45) is 0 Å². The lowest BCUT2D eigenvalue weighted by Gasteiger charge is -2.07. The lowest BCUT2D eigenvalue weighted by molar-refractivity contribution is -0.141. The van der Waals surface area contributed by atoms with Gasteiger partial charge in [-0.25, -0.2) is 4.98 Å². The van der Waals surface area contributed by atoms with E-state index in [1.165, 1.54) is 12.3 Å². The van der Waals surface area contributed by atoms with E-state index in [0.717, 1.165) is 11.6 Å². The van der Waals surface area contributed by atoms with Gasteiger partial charge in [-0.2, -0.15) is 18.3 Å². The summed E-state index contributed by atoms with van der Waals surface area (Å²) in [5, 5.41) is 16.0. The van der Waals surface area contributed by atoms with Crippen LogP contribution in [0.2, 0.25) is 5.02 Å². The van der Waals surface area contributed by atoms with E-state index >= 15 is 0 Å². The molecule has 0 aliphatic heterocycles. The van der Waals surface area contributed by atoms with Gasteiger partial charge in [0.2, 0.25) is 5.88 Å². The number of hydrogen-bond acceptors (Lipinski definition) is 4. The second-order valence-electron chi connectivity index (χ2n) is 5.12. The molecule has 0 aliphatic rings. The predicted octanol–water partition coefficient (Wildman–Crippen LogP) is 4.43. The molecule has 1 aromatic carbocycles. The van der Waals surface area contributed by atoms with Gasteiger partial charge in [-0.15, -0.1) is 0 Å². The Hall–Kier alpha value is -2.74. The summed E-state index contributed by atoms with van der Waals surface area (Å²) in [6, 6.07) is 8.99. The Morgan fingerprint density at radius 1 is 1.16 bits per heavy atom. The van der Waals surface area contributed by atoms with Gasteiger partial charge in [0, 0.05) is 17.3 Å². The highest BCUT2D eigenvalue weighted by atomic mass is 35.5. The summed E-state index contributed by atoms with van der Waals surface area (Å²) in [6.45, 7) is 0.198. The molecule has 130 valence electrons. The molecular formula is C16H11ClF3N3O2. The molecule has 2 heterocycles. The maximum Gasteiger partial charge on any atom is 0.432 e. The fourth-order valence-corrected chi connectivity index (χ4v) is 2.17. The quantitative estimate of drug-likeness (QED) is 0.713. The van der Waals surface area contributed by atoms with E-state index in [0.29, 0.717) is 5.02 Å². The number of hydrogen-bond donors (Lipinski definition) is 2. The molecule has 0 atom stereocenters. The third-order valence-electron chi connectivity index (χ3n) is 3.32. The van der Waals surface area contributed by atoms with E-state index in [9.17, 15) is 18.3 Å². The number of ether oxygens (including phenoxy) is 1. The monoisotopic (exact) mass is 369 g/mol. The number of H-pyrrole nitrogens is 1. The van der Waals surface area contributed by atoms with Crippen LogP contribution in [0.5, 0.6) is 11.6 Å². The van der Waals surface area contributed by atoms with E-state index in [-0.39, 0.29) is 29.5 Å². The highest BCUT2D eigenvalue weighted by Crippen LogP contribution is 2.34. The molecule has 3 aromatic rings. The smallest absolute Gasteiger partial charge is 0.432 e.